The van der Waals surface area contributed by atoms with E-state index >= 15 is 0 Å². The van der Waals surface area contributed by atoms with Crippen molar-refractivity contribution in [2.75, 3.05) is 6.61 Å². The van der Waals surface area contributed by atoms with E-state index in [1.807, 2.05) is 6.92 Å². The molecular weight excluding hydrogens is 248 g/mol. The number of ether oxygens (including phenoxy) is 1. The van der Waals surface area contributed by atoms with Crippen molar-refractivity contribution in [1.29, 1.82) is 0 Å². The van der Waals surface area contributed by atoms with E-state index < -0.39 is 0 Å². The highest BCUT2D eigenvalue weighted by atomic mass is 16.5. The van der Waals surface area contributed by atoms with Gasteiger partial charge in [-0.2, -0.15) is 0 Å². The molecule has 0 amide bonds. The first-order valence-electron chi connectivity index (χ1n) is 8.02. The molecule has 1 aromatic carbocycles. The van der Waals surface area contributed by atoms with Gasteiger partial charge in [-0.1, -0.05) is 62.4 Å². The Hall–Kier alpha value is -1.31. The molecule has 0 aliphatic rings. The van der Waals surface area contributed by atoms with Crippen LogP contribution in [0.15, 0.2) is 30.3 Å². The predicted octanol–water partition coefficient (Wildman–Crippen LogP) is 4.91. The second-order valence-corrected chi connectivity index (χ2v) is 5.27. The van der Waals surface area contributed by atoms with Gasteiger partial charge in [-0.3, -0.25) is 4.79 Å². The van der Waals surface area contributed by atoms with Gasteiger partial charge in [-0.05, 0) is 31.7 Å². The molecule has 0 heterocycles. The van der Waals surface area contributed by atoms with Gasteiger partial charge in [0.25, 0.3) is 0 Å². The number of benzene rings is 1. The molecule has 0 unspecified atom stereocenters. The largest absolute Gasteiger partial charge is 0.466 e. The number of hydrogen-bond acceptors (Lipinski definition) is 2. The lowest BCUT2D eigenvalue weighted by Crippen LogP contribution is -2.03. The summed E-state index contributed by atoms with van der Waals surface area (Å²) in [5, 5.41) is 0. The van der Waals surface area contributed by atoms with Crippen molar-refractivity contribution in [3.8, 4) is 0 Å². The van der Waals surface area contributed by atoms with Crippen molar-refractivity contribution in [3.05, 3.63) is 35.9 Å². The van der Waals surface area contributed by atoms with Crippen LogP contribution in [0.3, 0.4) is 0 Å². The van der Waals surface area contributed by atoms with E-state index in [0.717, 1.165) is 12.8 Å². The summed E-state index contributed by atoms with van der Waals surface area (Å²) in [6.07, 6.45) is 10.3. The highest BCUT2D eigenvalue weighted by molar-refractivity contribution is 5.69. The number of hydrogen-bond donors (Lipinski definition) is 0. The van der Waals surface area contributed by atoms with Crippen LogP contribution in [0.5, 0.6) is 0 Å². The van der Waals surface area contributed by atoms with Gasteiger partial charge >= 0.3 is 5.97 Å². The molecule has 0 saturated heterocycles. The van der Waals surface area contributed by atoms with Crippen LogP contribution in [-0.2, 0) is 16.0 Å². The summed E-state index contributed by atoms with van der Waals surface area (Å²) in [6, 6.07) is 10.7. The minimum atomic E-state index is -0.0460. The molecule has 0 aliphatic carbocycles. The molecule has 1 rings (SSSR count). The van der Waals surface area contributed by atoms with E-state index in [-0.39, 0.29) is 5.97 Å². The highest BCUT2D eigenvalue weighted by Gasteiger charge is 2.00. The topological polar surface area (TPSA) is 26.3 Å². The molecule has 0 spiro atoms. The molecule has 2 heteroatoms. The summed E-state index contributed by atoms with van der Waals surface area (Å²) in [6.45, 7) is 2.35. The van der Waals surface area contributed by atoms with Crippen molar-refractivity contribution in [2.24, 2.45) is 0 Å². The van der Waals surface area contributed by atoms with Gasteiger partial charge in [-0.15, -0.1) is 0 Å². The Morgan fingerprint density at radius 1 is 0.900 bits per heavy atom. The average molecular weight is 276 g/mol. The number of unbranched alkanes of at least 4 members (excludes halogenated alkanes) is 6. The monoisotopic (exact) mass is 276 g/mol. The Kier molecular flexibility index (Phi) is 9.64. The third-order valence-electron chi connectivity index (χ3n) is 3.49. The second-order valence-electron chi connectivity index (χ2n) is 5.27. The van der Waals surface area contributed by atoms with Gasteiger partial charge < -0.3 is 4.74 Å². The zero-order chi connectivity index (χ0) is 14.5. The molecular formula is C18H28O2. The molecule has 0 aromatic heterocycles. The van der Waals surface area contributed by atoms with Crippen LogP contribution in [0.1, 0.15) is 63.9 Å². The second kappa shape index (κ2) is 11.5. The normalized spacial score (nSPS) is 10.4. The standard InChI is InChI=1S/C18H28O2/c1-2-20-18(19)16-12-7-5-3-4-6-9-13-17-14-10-8-11-15-17/h8,10-11,14-15H,2-7,9,12-13,16H2,1H3. The molecule has 0 fully saturated rings. The summed E-state index contributed by atoms with van der Waals surface area (Å²) in [7, 11) is 0. The lowest BCUT2D eigenvalue weighted by Gasteiger charge is -2.03. The Morgan fingerprint density at radius 3 is 2.15 bits per heavy atom. The molecule has 0 N–H and O–H groups in total. The average Bonchev–Trinajstić information content (AvgIpc) is 2.47. The van der Waals surface area contributed by atoms with E-state index in [1.165, 1.54) is 44.1 Å². The molecule has 1 aromatic rings. The summed E-state index contributed by atoms with van der Waals surface area (Å²) in [5.41, 5.74) is 1.45. The van der Waals surface area contributed by atoms with Gasteiger partial charge in [0.15, 0.2) is 0 Å². The van der Waals surface area contributed by atoms with Crippen LogP contribution < -0.4 is 0 Å². The van der Waals surface area contributed by atoms with Crippen LogP contribution in [0.4, 0.5) is 0 Å². The molecule has 0 bridgehead atoms. The molecule has 0 atom stereocenters. The van der Waals surface area contributed by atoms with Crippen LogP contribution in [0.2, 0.25) is 0 Å². The summed E-state index contributed by atoms with van der Waals surface area (Å²) in [5.74, 6) is -0.0460. The van der Waals surface area contributed by atoms with Crippen LogP contribution in [0.25, 0.3) is 0 Å². The molecule has 20 heavy (non-hydrogen) atoms. The van der Waals surface area contributed by atoms with Crippen molar-refractivity contribution >= 4 is 5.97 Å². The smallest absolute Gasteiger partial charge is 0.305 e. The first-order chi connectivity index (χ1) is 9.83. The summed E-state index contributed by atoms with van der Waals surface area (Å²) < 4.78 is 4.90. The van der Waals surface area contributed by atoms with Crippen molar-refractivity contribution < 1.29 is 9.53 Å². The quantitative estimate of drug-likeness (QED) is 0.424. The fraction of sp³-hybridized carbons (Fsp3) is 0.611. The van der Waals surface area contributed by atoms with E-state index in [9.17, 15) is 4.79 Å². The Bertz CT molecular complexity index is 346. The van der Waals surface area contributed by atoms with Gasteiger partial charge in [-0.25, -0.2) is 0 Å². The van der Waals surface area contributed by atoms with Gasteiger partial charge in [0.1, 0.15) is 0 Å². The maximum atomic E-state index is 11.1. The summed E-state index contributed by atoms with van der Waals surface area (Å²) in [4.78, 5) is 11.1. The van der Waals surface area contributed by atoms with Gasteiger partial charge in [0.2, 0.25) is 0 Å². The fourth-order valence-corrected chi connectivity index (χ4v) is 2.36. The number of rotatable bonds is 11. The van der Waals surface area contributed by atoms with Crippen molar-refractivity contribution in [2.45, 2.75) is 64.7 Å². The van der Waals surface area contributed by atoms with E-state index in [4.69, 9.17) is 4.74 Å². The lowest BCUT2D eigenvalue weighted by atomic mass is 10.0. The van der Waals surface area contributed by atoms with Crippen LogP contribution in [0, 0.1) is 0 Å². The first kappa shape index (κ1) is 16.7. The van der Waals surface area contributed by atoms with Gasteiger partial charge in [0, 0.05) is 6.42 Å². The molecule has 0 saturated carbocycles. The lowest BCUT2D eigenvalue weighted by molar-refractivity contribution is -0.143. The van der Waals surface area contributed by atoms with Gasteiger partial charge in [0.05, 0.1) is 6.61 Å². The third-order valence-corrected chi connectivity index (χ3v) is 3.49. The number of carbonyl (C=O) groups is 1. The minimum Gasteiger partial charge on any atom is -0.466 e. The van der Waals surface area contributed by atoms with E-state index in [2.05, 4.69) is 30.3 Å². The molecule has 112 valence electrons. The number of carbonyl (C=O) groups excluding carboxylic acids is 1. The van der Waals surface area contributed by atoms with Crippen molar-refractivity contribution in [3.63, 3.8) is 0 Å². The van der Waals surface area contributed by atoms with E-state index in [0.29, 0.717) is 13.0 Å². The van der Waals surface area contributed by atoms with Crippen molar-refractivity contribution in [1.82, 2.24) is 0 Å². The fourth-order valence-electron chi connectivity index (χ4n) is 2.36. The van der Waals surface area contributed by atoms with Crippen LogP contribution >= 0.6 is 0 Å². The Morgan fingerprint density at radius 2 is 1.50 bits per heavy atom. The maximum Gasteiger partial charge on any atom is 0.305 e. The number of esters is 1. The third kappa shape index (κ3) is 8.73. The van der Waals surface area contributed by atoms with Crippen LogP contribution in [-0.4, -0.2) is 12.6 Å². The Labute approximate surface area is 123 Å². The zero-order valence-corrected chi connectivity index (χ0v) is 12.8. The highest BCUT2D eigenvalue weighted by Crippen LogP contribution is 2.11. The molecule has 2 nitrogen and oxygen atoms in total. The predicted molar refractivity (Wildman–Crippen MR) is 83.7 cm³/mol. The minimum absolute atomic E-state index is 0.0460. The summed E-state index contributed by atoms with van der Waals surface area (Å²) >= 11 is 0. The SMILES string of the molecule is CCOC(=O)CCCCCCCCCc1ccccc1. The zero-order valence-electron chi connectivity index (χ0n) is 12.8. The van der Waals surface area contributed by atoms with E-state index in [1.54, 1.807) is 0 Å². The molecule has 0 radical (unpaired) electrons. The number of aryl methyl sites for hydroxylation is 1. The molecule has 0 aliphatic heterocycles. The first-order valence-corrected chi connectivity index (χ1v) is 8.02. The maximum absolute atomic E-state index is 11.1. The Balaban J connectivity index is 1.84.